The van der Waals surface area contributed by atoms with E-state index < -0.39 is 0 Å². The van der Waals surface area contributed by atoms with Crippen LogP contribution >= 0.6 is 15.9 Å². The molecule has 0 saturated heterocycles. The van der Waals surface area contributed by atoms with E-state index in [2.05, 4.69) is 31.4 Å². The van der Waals surface area contributed by atoms with Gasteiger partial charge in [0.05, 0.1) is 4.47 Å². The van der Waals surface area contributed by atoms with Gasteiger partial charge < -0.3 is 9.84 Å². The van der Waals surface area contributed by atoms with Crippen molar-refractivity contribution >= 4 is 15.9 Å². The number of nitrogens with zero attached hydrogens (tertiary/aromatic N) is 2. The van der Waals surface area contributed by atoms with Crippen molar-refractivity contribution in [1.29, 1.82) is 0 Å². The van der Waals surface area contributed by atoms with E-state index in [9.17, 15) is 4.39 Å². The zero-order valence-electron chi connectivity index (χ0n) is 9.91. The van der Waals surface area contributed by atoms with Crippen molar-refractivity contribution in [1.82, 2.24) is 15.5 Å². The third-order valence-corrected chi connectivity index (χ3v) is 3.01. The molecule has 2 rings (SSSR count). The van der Waals surface area contributed by atoms with Crippen molar-refractivity contribution in [2.75, 3.05) is 6.54 Å². The molecule has 2 aromatic rings. The summed E-state index contributed by atoms with van der Waals surface area (Å²) in [6.45, 7) is 3.19. The molecule has 6 heteroatoms. The van der Waals surface area contributed by atoms with Gasteiger partial charge in [0.25, 0.3) is 0 Å². The molecular formula is C12H13BrFN3O. The minimum absolute atomic E-state index is 0.250. The molecule has 0 aliphatic rings. The summed E-state index contributed by atoms with van der Waals surface area (Å²) in [6, 6.07) is 4.96. The highest BCUT2D eigenvalue weighted by molar-refractivity contribution is 9.10. The van der Waals surface area contributed by atoms with Gasteiger partial charge in [0.1, 0.15) is 5.82 Å². The molecule has 1 heterocycles. The van der Waals surface area contributed by atoms with Crippen molar-refractivity contribution in [2.24, 2.45) is 0 Å². The maximum absolute atomic E-state index is 13.0. The molecule has 0 spiro atoms. The minimum Gasteiger partial charge on any atom is -0.339 e. The molecule has 0 unspecified atom stereocenters. The van der Waals surface area contributed by atoms with E-state index in [1.807, 2.05) is 0 Å². The van der Waals surface area contributed by atoms with E-state index in [1.165, 1.54) is 6.07 Å². The van der Waals surface area contributed by atoms with E-state index in [0.29, 0.717) is 29.2 Å². The number of benzene rings is 1. The van der Waals surface area contributed by atoms with Crippen molar-refractivity contribution in [3.05, 3.63) is 45.8 Å². The lowest BCUT2D eigenvalue weighted by Crippen LogP contribution is -2.16. The highest BCUT2D eigenvalue weighted by atomic mass is 79.9. The molecule has 0 amide bonds. The maximum atomic E-state index is 13.0. The van der Waals surface area contributed by atoms with Crippen LogP contribution in [0.4, 0.5) is 4.39 Å². The zero-order valence-corrected chi connectivity index (χ0v) is 11.5. The first-order chi connectivity index (χ1) is 8.65. The van der Waals surface area contributed by atoms with Crippen LogP contribution in [-0.4, -0.2) is 16.7 Å². The number of aromatic nitrogens is 2. The molecular weight excluding hydrogens is 301 g/mol. The lowest BCUT2D eigenvalue weighted by Gasteiger charge is -2.04. The summed E-state index contributed by atoms with van der Waals surface area (Å²) in [5.41, 5.74) is 1.02. The fraction of sp³-hybridized carbons (Fsp3) is 0.333. The largest absolute Gasteiger partial charge is 0.339 e. The van der Waals surface area contributed by atoms with Crippen LogP contribution < -0.4 is 5.32 Å². The van der Waals surface area contributed by atoms with Gasteiger partial charge in [-0.15, -0.1) is 0 Å². The molecule has 0 saturated carbocycles. The Morgan fingerprint density at radius 3 is 2.94 bits per heavy atom. The van der Waals surface area contributed by atoms with Crippen LogP contribution in [0.15, 0.2) is 27.2 Å². The van der Waals surface area contributed by atoms with Gasteiger partial charge in [0.2, 0.25) is 5.89 Å². The summed E-state index contributed by atoms with van der Waals surface area (Å²) in [6.07, 6.45) is 0.684. The smallest absolute Gasteiger partial charge is 0.227 e. The molecule has 1 aromatic carbocycles. The topological polar surface area (TPSA) is 51.0 Å². The first kappa shape index (κ1) is 13.2. The number of rotatable bonds is 5. The normalized spacial score (nSPS) is 10.8. The predicted molar refractivity (Wildman–Crippen MR) is 68.5 cm³/mol. The molecule has 0 aliphatic carbocycles. The summed E-state index contributed by atoms with van der Waals surface area (Å²) >= 11 is 3.16. The molecule has 0 fully saturated rings. The molecule has 0 radical (unpaired) electrons. The summed E-state index contributed by atoms with van der Waals surface area (Å²) in [4.78, 5) is 4.11. The minimum atomic E-state index is -0.250. The van der Waals surface area contributed by atoms with Gasteiger partial charge in [-0.1, -0.05) is 11.2 Å². The second-order valence-corrected chi connectivity index (χ2v) is 4.76. The SMILES string of the molecule is Cc1noc(CCNCc2ccc(F)c(Br)c2)n1. The highest BCUT2D eigenvalue weighted by Crippen LogP contribution is 2.16. The van der Waals surface area contributed by atoms with Gasteiger partial charge in [-0.25, -0.2) is 4.39 Å². The Hall–Kier alpha value is -1.27. The van der Waals surface area contributed by atoms with Gasteiger partial charge in [-0.2, -0.15) is 4.98 Å². The van der Waals surface area contributed by atoms with E-state index in [4.69, 9.17) is 4.52 Å². The number of hydrogen-bond donors (Lipinski definition) is 1. The second kappa shape index (κ2) is 6.06. The van der Waals surface area contributed by atoms with Gasteiger partial charge in [0.15, 0.2) is 5.82 Å². The van der Waals surface area contributed by atoms with Gasteiger partial charge >= 0.3 is 0 Å². The monoisotopic (exact) mass is 313 g/mol. The first-order valence-corrected chi connectivity index (χ1v) is 6.38. The second-order valence-electron chi connectivity index (χ2n) is 3.91. The third kappa shape index (κ3) is 3.61. The van der Waals surface area contributed by atoms with E-state index >= 15 is 0 Å². The number of halogens is 2. The quantitative estimate of drug-likeness (QED) is 0.862. The standard InChI is InChI=1S/C12H13BrFN3O/c1-8-16-12(18-17-8)4-5-15-7-9-2-3-11(14)10(13)6-9/h2-3,6,15H,4-5,7H2,1H3. The van der Waals surface area contributed by atoms with E-state index in [0.717, 1.165) is 12.1 Å². The molecule has 0 atom stereocenters. The van der Waals surface area contributed by atoms with Crippen LogP contribution in [0.3, 0.4) is 0 Å². The Morgan fingerprint density at radius 2 is 2.28 bits per heavy atom. The third-order valence-electron chi connectivity index (χ3n) is 2.40. The summed E-state index contributed by atoms with van der Waals surface area (Å²) in [7, 11) is 0. The highest BCUT2D eigenvalue weighted by Gasteiger charge is 2.03. The number of hydrogen-bond acceptors (Lipinski definition) is 4. The van der Waals surface area contributed by atoms with Crippen LogP contribution in [0.25, 0.3) is 0 Å². The maximum Gasteiger partial charge on any atom is 0.227 e. The summed E-state index contributed by atoms with van der Waals surface area (Å²) < 4.78 is 18.5. The predicted octanol–water partition coefficient (Wildman–Crippen LogP) is 2.61. The van der Waals surface area contributed by atoms with Crippen LogP contribution in [0.2, 0.25) is 0 Å². The average Bonchev–Trinajstić information content (AvgIpc) is 2.75. The Labute approximate surface area is 113 Å². The lowest BCUT2D eigenvalue weighted by atomic mass is 10.2. The van der Waals surface area contributed by atoms with Crippen molar-refractivity contribution < 1.29 is 8.91 Å². The molecule has 4 nitrogen and oxygen atoms in total. The van der Waals surface area contributed by atoms with Gasteiger partial charge in [0, 0.05) is 19.5 Å². The Kier molecular flexibility index (Phi) is 4.43. The molecule has 0 aliphatic heterocycles. The van der Waals surface area contributed by atoms with Crippen molar-refractivity contribution in [3.63, 3.8) is 0 Å². The zero-order chi connectivity index (χ0) is 13.0. The molecule has 1 aromatic heterocycles. The van der Waals surface area contributed by atoms with Crippen molar-refractivity contribution in [3.8, 4) is 0 Å². The Balaban J connectivity index is 1.76. The number of nitrogens with one attached hydrogen (secondary N) is 1. The fourth-order valence-electron chi connectivity index (χ4n) is 1.52. The van der Waals surface area contributed by atoms with Crippen LogP contribution in [0, 0.1) is 12.7 Å². The van der Waals surface area contributed by atoms with E-state index in [-0.39, 0.29) is 5.82 Å². The summed E-state index contributed by atoms with van der Waals surface area (Å²) in [5, 5.41) is 6.95. The Morgan fingerprint density at radius 1 is 1.44 bits per heavy atom. The van der Waals surface area contributed by atoms with Gasteiger partial charge in [-0.3, -0.25) is 0 Å². The molecule has 0 bridgehead atoms. The van der Waals surface area contributed by atoms with Gasteiger partial charge in [-0.05, 0) is 40.5 Å². The molecule has 18 heavy (non-hydrogen) atoms. The summed E-state index contributed by atoms with van der Waals surface area (Å²) in [5.74, 6) is 1.02. The number of aryl methyl sites for hydroxylation is 1. The lowest BCUT2D eigenvalue weighted by molar-refractivity contribution is 0.372. The van der Waals surface area contributed by atoms with Crippen LogP contribution in [0.1, 0.15) is 17.3 Å². The fourth-order valence-corrected chi connectivity index (χ4v) is 1.95. The molecule has 96 valence electrons. The van der Waals surface area contributed by atoms with Crippen molar-refractivity contribution in [2.45, 2.75) is 19.9 Å². The Bertz CT molecular complexity index is 530. The van der Waals surface area contributed by atoms with Crippen LogP contribution in [-0.2, 0) is 13.0 Å². The van der Waals surface area contributed by atoms with E-state index in [1.54, 1.807) is 19.1 Å². The average molecular weight is 314 g/mol. The molecule has 1 N–H and O–H groups in total. The van der Waals surface area contributed by atoms with Crippen LogP contribution in [0.5, 0.6) is 0 Å². The first-order valence-electron chi connectivity index (χ1n) is 5.59.